The van der Waals surface area contributed by atoms with Crippen LogP contribution in [-0.4, -0.2) is 73.0 Å². The zero-order valence-electron chi connectivity index (χ0n) is 20.7. The number of phenolic OH excluding ortho intramolecular Hbond substituents is 1. The Morgan fingerprint density at radius 2 is 1.87 bits per heavy atom. The molecule has 6 atom stereocenters. The molecule has 2 N–H and O–H groups in total. The van der Waals surface area contributed by atoms with E-state index in [0.29, 0.717) is 22.5 Å². The number of aliphatic carboxylic acids is 1. The number of nitrogens with zero attached hydrogens (tertiary/aromatic N) is 2. The first-order valence-corrected chi connectivity index (χ1v) is 13.3. The number of fused-ring (bicyclic) bond motifs is 5. The summed E-state index contributed by atoms with van der Waals surface area (Å²) in [6, 6.07) is 4.63. The molecule has 0 radical (unpaired) electrons. The van der Waals surface area contributed by atoms with Crippen molar-refractivity contribution in [3.8, 4) is 11.5 Å². The molecule has 204 valence electrons. The lowest BCUT2D eigenvalue weighted by molar-refractivity contribution is -0.143. The van der Waals surface area contributed by atoms with Gasteiger partial charge in [-0.15, -0.1) is 23.2 Å². The van der Waals surface area contributed by atoms with E-state index >= 15 is 0 Å². The molecule has 0 unspecified atom stereocenters. The molecule has 0 spiro atoms. The molecule has 4 amide bonds. The van der Waals surface area contributed by atoms with Gasteiger partial charge in [0, 0.05) is 31.5 Å². The fraction of sp³-hybridized carbons (Fsp3) is 0.444. The first kappa shape index (κ1) is 25.9. The van der Waals surface area contributed by atoms with E-state index in [0.717, 1.165) is 9.80 Å². The second-order valence-corrected chi connectivity index (χ2v) is 12.0. The molecule has 0 aromatic heterocycles. The average Bonchev–Trinajstić information content (AvgIpc) is 3.21. The van der Waals surface area contributed by atoms with Gasteiger partial charge in [-0.1, -0.05) is 11.6 Å². The molecule has 3 fully saturated rings. The zero-order valence-corrected chi connectivity index (χ0v) is 22.2. The van der Waals surface area contributed by atoms with Gasteiger partial charge in [-0.3, -0.25) is 33.8 Å². The molecule has 1 aromatic carbocycles. The van der Waals surface area contributed by atoms with E-state index in [-0.39, 0.29) is 38.0 Å². The van der Waals surface area contributed by atoms with Crippen LogP contribution in [0.1, 0.15) is 24.8 Å². The third kappa shape index (κ3) is 3.37. The molecular formula is C27H24Cl2N2O8. The third-order valence-electron chi connectivity index (χ3n) is 8.80. The highest BCUT2D eigenvalue weighted by atomic mass is 35.5. The summed E-state index contributed by atoms with van der Waals surface area (Å²) in [7, 11) is 1.31. The first-order valence-electron chi connectivity index (χ1n) is 12.5. The number of amides is 4. The van der Waals surface area contributed by atoms with Crippen molar-refractivity contribution < 1.29 is 38.9 Å². The molecular weight excluding hydrogens is 551 g/mol. The van der Waals surface area contributed by atoms with Gasteiger partial charge in [0.2, 0.25) is 11.8 Å². The third-order valence-corrected chi connectivity index (χ3v) is 10.2. The van der Waals surface area contributed by atoms with Crippen LogP contribution in [0.15, 0.2) is 41.7 Å². The Balaban J connectivity index is 1.47. The van der Waals surface area contributed by atoms with Crippen LogP contribution in [-0.2, 0) is 30.4 Å². The van der Waals surface area contributed by atoms with E-state index in [1.165, 1.54) is 25.4 Å². The fourth-order valence-electron chi connectivity index (χ4n) is 7.05. The van der Waals surface area contributed by atoms with E-state index in [1.807, 2.05) is 0 Å². The Labute approximate surface area is 232 Å². The summed E-state index contributed by atoms with van der Waals surface area (Å²) in [4.78, 5) is 63.0. The Hall–Kier alpha value is -3.37. The van der Waals surface area contributed by atoms with Crippen molar-refractivity contribution in [2.45, 2.75) is 35.4 Å². The van der Waals surface area contributed by atoms with Crippen LogP contribution in [0.2, 0.25) is 0 Å². The lowest BCUT2D eigenvalue weighted by Crippen LogP contribution is -2.61. The topological polar surface area (TPSA) is 142 Å². The second kappa shape index (κ2) is 8.56. The smallest absolute Gasteiger partial charge is 0.305 e. The summed E-state index contributed by atoms with van der Waals surface area (Å²) in [5.41, 5.74) is 1.80. The molecule has 10 nitrogen and oxygen atoms in total. The summed E-state index contributed by atoms with van der Waals surface area (Å²) >= 11 is 14.3. The van der Waals surface area contributed by atoms with Gasteiger partial charge in [-0.25, -0.2) is 0 Å². The number of likely N-dealkylation sites (tertiary alicyclic amines) is 2. The maximum absolute atomic E-state index is 13.6. The minimum Gasteiger partial charge on any atom is -0.508 e. The molecule has 1 aromatic rings. The van der Waals surface area contributed by atoms with Crippen LogP contribution in [0.5, 0.6) is 11.5 Å². The predicted octanol–water partition coefficient (Wildman–Crippen LogP) is 2.21. The number of hydrogen-bond donors (Lipinski definition) is 2. The molecule has 6 rings (SSSR count). The summed E-state index contributed by atoms with van der Waals surface area (Å²) in [6.45, 7) is -0.254. The molecule has 2 aliphatic carbocycles. The molecule has 39 heavy (non-hydrogen) atoms. The van der Waals surface area contributed by atoms with Crippen LogP contribution in [0.25, 0.3) is 0 Å². The number of halogens is 2. The van der Waals surface area contributed by atoms with Crippen LogP contribution < -0.4 is 4.74 Å². The lowest BCUT2D eigenvalue weighted by Gasteiger charge is -2.51. The number of carbonyl (C=O) groups excluding carboxylic acids is 4. The van der Waals surface area contributed by atoms with Crippen molar-refractivity contribution in [3.63, 3.8) is 0 Å². The van der Waals surface area contributed by atoms with Crippen molar-refractivity contribution in [1.82, 2.24) is 9.80 Å². The minimum atomic E-state index is -1.92. The molecule has 12 heteroatoms. The van der Waals surface area contributed by atoms with Crippen LogP contribution >= 0.6 is 23.2 Å². The number of carboxylic acids is 1. The quantitative estimate of drug-likeness (QED) is 0.316. The summed E-state index contributed by atoms with van der Waals surface area (Å²) in [5, 5.41) is 19.1. The van der Waals surface area contributed by atoms with E-state index in [9.17, 15) is 29.1 Å². The zero-order chi connectivity index (χ0) is 28.0. The Bertz CT molecular complexity index is 1440. The standard InChI is InChI=1S/C27H24Cl2N2O8/c1-30-24(37)26(28)10-17-15(3-4-16-20(17)23(36)31(22(16)35)7-6-19(33)34)21(27(26,29)25(30)38)13-8-12-9-14(32)2-5-18(12)39-11-13/h2-3,5,9,11,16-17,20-21,32H,4,6-8,10H2,1H3,(H,33,34)/t16-,17+,20-,21-,26+,27-/m0/s1. The highest BCUT2D eigenvalue weighted by molar-refractivity contribution is 6.53. The van der Waals surface area contributed by atoms with E-state index < -0.39 is 63.0 Å². The fourth-order valence-corrected chi connectivity index (χ4v) is 8.08. The second-order valence-electron chi connectivity index (χ2n) is 10.7. The van der Waals surface area contributed by atoms with Gasteiger partial charge >= 0.3 is 5.97 Å². The monoisotopic (exact) mass is 574 g/mol. The lowest BCUT2D eigenvalue weighted by atomic mass is 9.56. The average molecular weight is 575 g/mol. The minimum absolute atomic E-state index is 0.0236. The number of hydrogen-bond acceptors (Lipinski definition) is 7. The summed E-state index contributed by atoms with van der Waals surface area (Å²) < 4.78 is 5.84. The SMILES string of the molecule is CN1C(=O)[C@]2(Cl)C[C@@H]3C(=CC[C@@H]4C(=O)N(CCC(=O)O)C(=O)[C@@H]43)[C@H](C3=COc4ccc(O)cc4C3)[C@]2(Cl)C1=O. The highest BCUT2D eigenvalue weighted by Crippen LogP contribution is 2.64. The number of phenols is 1. The highest BCUT2D eigenvalue weighted by Gasteiger charge is 2.76. The van der Waals surface area contributed by atoms with Gasteiger partial charge in [0.25, 0.3) is 11.8 Å². The number of aromatic hydroxyl groups is 1. The van der Waals surface area contributed by atoms with Gasteiger partial charge < -0.3 is 14.9 Å². The Morgan fingerprint density at radius 3 is 2.59 bits per heavy atom. The van der Waals surface area contributed by atoms with Crippen molar-refractivity contribution in [2.75, 3.05) is 13.6 Å². The maximum atomic E-state index is 13.6. The van der Waals surface area contributed by atoms with Crippen LogP contribution in [0.3, 0.4) is 0 Å². The maximum Gasteiger partial charge on any atom is 0.305 e. The molecule has 3 heterocycles. The Kier molecular flexibility index (Phi) is 5.68. The van der Waals surface area contributed by atoms with E-state index in [1.54, 1.807) is 12.1 Å². The van der Waals surface area contributed by atoms with Gasteiger partial charge in [-0.2, -0.15) is 0 Å². The van der Waals surface area contributed by atoms with E-state index in [2.05, 4.69) is 0 Å². The Morgan fingerprint density at radius 1 is 1.13 bits per heavy atom. The van der Waals surface area contributed by atoms with Gasteiger partial charge in [0.05, 0.1) is 24.5 Å². The predicted molar refractivity (Wildman–Crippen MR) is 136 cm³/mol. The molecule has 2 saturated heterocycles. The number of allylic oxidation sites excluding steroid dienone is 3. The van der Waals surface area contributed by atoms with Gasteiger partial charge in [0.1, 0.15) is 11.5 Å². The number of carboxylic acid groups (broad SMARTS) is 1. The molecule has 0 bridgehead atoms. The van der Waals surface area contributed by atoms with E-state index in [4.69, 9.17) is 33.0 Å². The van der Waals surface area contributed by atoms with Crippen molar-refractivity contribution in [3.05, 3.63) is 47.2 Å². The number of benzene rings is 1. The van der Waals surface area contributed by atoms with Crippen LogP contribution in [0, 0.1) is 23.7 Å². The number of carbonyl (C=O) groups is 5. The number of imide groups is 2. The van der Waals surface area contributed by atoms with Crippen molar-refractivity contribution in [1.29, 1.82) is 0 Å². The largest absolute Gasteiger partial charge is 0.508 e. The molecule has 5 aliphatic rings. The van der Waals surface area contributed by atoms with Crippen LogP contribution in [0.4, 0.5) is 0 Å². The van der Waals surface area contributed by atoms with Gasteiger partial charge in [0.15, 0.2) is 9.75 Å². The number of rotatable bonds is 4. The van der Waals surface area contributed by atoms with Crippen molar-refractivity contribution in [2.24, 2.45) is 23.7 Å². The van der Waals surface area contributed by atoms with Crippen molar-refractivity contribution >= 4 is 52.8 Å². The molecule has 3 aliphatic heterocycles. The summed E-state index contributed by atoms with van der Waals surface area (Å²) in [6.07, 6.45) is 3.16. The summed E-state index contributed by atoms with van der Waals surface area (Å²) in [5.74, 6) is -6.18. The number of ether oxygens (including phenoxy) is 1. The molecule has 1 saturated carbocycles. The normalized spacial score (nSPS) is 35.1. The number of alkyl halides is 2. The van der Waals surface area contributed by atoms with Gasteiger partial charge in [-0.05, 0) is 42.5 Å². The first-order chi connectivity index (χ1) is 18.4.